The van der Waals surface area contributed by atoms with Gasteiger partial charge in [-0.3, -0.25) is 0 Å². The highest BCUT2D eigenvalue weighted by Crippen LogP contribution is 2.45. The van der Waals surface area contributed by atoms with E-state index in [1.54, 1.807) is 0 Å². The van der Waals surface area contributed by atoms with Gasteiger partial charge in [-0.1, -0.05) is 47.3 Å². The zero-order valence-corrected chi connectivity index (χ0v) is 17.7. The van der Waals surface area contributed by atoms with Crippen LogP contribution in [0.3, 0.4) is 0 Å². The average Bonchev–Trinajstić information content (AvgIpc) is 3.01. The van der Waals surface area contributed by atoms with Crippen LogP contribution in [0.2, 0.25) is 10.0 Å². The fourth-order valence-corrected chi connectivity index (χ4v) is 4.09. The number of terminal acetylenes is 1. The van der Waals surface area contributed by atoms with E-state index in [1.807, 2.05) is 0 Å². The van der Waals surface area contributed by atoms with Crippen LogP contribution in [0.5, 0.6) is 0 Å². The predicted octanol–water partition coefficient (Wildman–Crippen LogP) is 5.58. The number of hydrogen-bond acceptors (Lipinski definition) is 3. The standard InChI is InChI=1S/C20H13Cl2F3N2O2S/c1-3-10-27-19(20(23,24)25)17(15-9-6-13(21)11-16(15)22)18(26-27)12-4-7-14(8-5-12)30(2,28)29/h1,4-9,11H,10H2,2H3. The Morgan fingerprint density at radius 2 is 1.77 bits per heavy atom. The third-order valence-electron chi connectivity index (χ3n) is 4.22. The van der Waals surface area contributed by atoms with Crippen molar-refractivity contribution < 1.29 is 21.6 Å². The fourth-order valence-electron chi connectivity index (χ4n) is 2.96. The molecule has 0 aliphatic carbocycles. The minimum absolute atomic E-state index is 0.00210. The lowest BCUT2D eigenvalue weighted by Gasteiger charge is -2.13. The number of benzene rings is 2. The lowest BCUT2D eigenvalue weighted by molar-refractivity contribution is -0.143. The Balaban J connectivity index is 2.36. The molecule has 0 bridgehead atoms. The predicted molar refractivity (Wildman–Crippen MR) is 110 cm³/mol. The maximum atomic E-state index is 14.0. The molecule has 0 radical (unpaired) electrons. The molecule has 0 unspecified atom stereocenters. The van der Waals surface area contributed by atoms with Gasteiger partial charge in [-0.25, -0.2) is 13.1 Å². The maximum absolute atomic E-state index is 14.0. The second kappa shape index (κ2) is 7.99. The number of aromatic nitrogens is 2. The Kier molecular flexibility index (Phi) is 5.92. The van der Waals surface area contributed by atoms with Gasteiger partial charge in [0.2, 0.25) is 0 Å². The van der Waals surface area contributed by atoms with Crippen molar-refractivity contribution in [3.05, 3.63) is 58.2 Å². The smallest absolute Gasteiger partial charge is 0.247 e. The molecule has 2 aromatic carbocycles. The van der Waals surface area contributed by atoms with Gasteiger partial charge < -0.3 is 0 Å². The molecule has 0 saturated heterocycles. The van der Waals surface area contributed by atoms with Crippen LogP contribution in [-0.4, -0.2) is 24.5 Å². The topological polar surface area (TPSA) is 52.0 Å². The van der Waals surface area contributed by atoms with Gasteiger partial charge in [-0.05, 0) is 24.3 Å². The zero-order chi connectivity index (χ0) is 22.3. The van der Waals surface area contributed by atoms with E-state index in [0.29, 0.717) is 4.68 Å². The van der Waals surface area contributed by atoms with E-state index in [-0.39, 0.29) is 37.3 Å². The molecule has 1 heterocycles. The summed E-state index contributed by atoms with van der Waals surface area (Å²) in [4.78, 5) is 0.0245. The van der Waals surface area contributed by atoms with E-state index in [9.17, 15) is 21.6 Å². The van der Waals surface area contributed by atoms with Crippen molar-refractivity contribution in [2.75, 3.05) is 6.26 Å². The second-order valence-corrected chi connectivity index (χ2v) is 9.21. The van der Waals surface area contributed by atoms with E-state index in [4.69, 9.17) is 29.6 Å². The summed E-state index contributed by atoms with van der Waals surface area (Å²) in [5.74, 6) is 2.16. The Morgan fingerprint density at radius 3 is 2.27 bits per heavy atom. The highest BCUT2D eigenvalue weighted by molar-refractivity contribution is 7.90. The molecule has 0 saturated carbocycles. The molecule has 0 atom stereocenters. The molecule has 10 heteroatoms. The van der Waals surface area contributed by atoms with Crippen molar-refractivity contribution >= 4 is 33.0 Å². The first kappa shape index (κ1) is 22.2. The van der Waals surface area contributed by atoms with Crippen molar-refractivity contribution in [1.82, 2.24) is 9.78 Å². The van der Waals surface area contributed by atoms with Gasteiger partial charge in [0.25, 0.3) is 0 Å². The first-order valence-corrected chi connectivity index (χ1v) is 11.0. The lowest BCUT2D eigenvalue weighted by Crippen LogP contribution is -2.15. The highest BCUT2D eigenvalue weighted by Gasteiger charge is 2.41. The van der Waals surface area contributed by atoms with Gasteiger partial charge in [0.1, 0.15) is 12.2 Å². The van der Waals surface area contributed by atoms with Crippen molar-refractivity contribution in [2.45, 2.75) is 17.6 Å². The normalized spacial score (nSPS) is 12.0. The number of alkyl halides is 3. The summed E-state index contributed by atoms with van der Waals surface area (Å²) in [6.45, 7) is -0.422. The summed E-state index contributed by atoms with van der Waals surface area (Å²) < 4.78 is 66.1. The van der Waals surface area contributed by atoms with Crippen LogP contribution in [0.4, 0.5) is 13.2 Å². The van der Waals surface area contributed by atoms with E-state index < -0.39 is 28.3 Å². The number of halogens is 5. The van der Waals surface area contributed by atoms with E-state index in [1.165, 1.54) is 42.5 Å². The first-order chi connectivity index (χ1) is 13.9. The van der Waals surface area contributed by atoms with Crippen LogP contribution in [-0.2, 0) is 22.6 Å². The SMILES string of the molecule is C#CCn1nc(-c2ccc(S(C)(=O)=O)cc2)c(-c2ccc(Cl)cc2Cl)c1C(F)(F)F. The van der Waals surface area contributed by atoms with E-state index in [2.05, 4.69) is 11.0 Å². The molecule has 4 nitrogen and oxygen atoms in total. The summed E-state index contributed by atoms with van der Waals surface area (Å²) in [5, 5.41) is 4.34. The van der Waals surface area contributed by atoms with E-state index in [0.717, 1.165) is 6.26 Å². The largest absolute Gasteiger partial charge is 0.433 e. The van der Waals surface area contributed by atoms with Gasteiger partial charge in [0, 0.05) is 28.0 Å². The Morgan fingerprint density at radius 1 is 1.13 bits per heavy atom. The Bertz CT molecular complexity index is 1260. The third-order valence-corrected chi connectivity index (χ3v) is 5.89. The molecule has 0 aliphatic rings. The molecule has 0 N–H and O–H groups in total. The Hall–Kier alpha value is -2.47. The minimum atomic E-state index is -4.78. The lowest BCUT2D eigenvalue weighted by atomic mass is 9.98. The van der Waals surface area contributed by atoms with Crippen LogP contribution in [0.15, 0.2) is 47.4 Å². The van der Waals surface area contributed by atoms with Gasteiger partial charge in [0.05, 0.1) is 9.92 Å². The molecular formula is C20H13Cl2F3N2O2S. The summed E-state index contributed by atoms with van der Waals surface area (Å²) >= 11 is 12.1. The number of hydrogen-bond donors (Lipinski definition) is 0. The zero-order valence-electron chi connectivity index (χ0n) is 15.3. The quantitative estimate of drug-likeness (QED) is 0.465. The van der Waals surface area contributed by atoms with Crippen molar-refractivity contribution in [3.8, 4) is 34.7 Å². The molecule has 0 spiro atoms. The van der Waals surface area contributed by atoms with Crippen molar-refractivity contribution in [2.24, 2.45) is 0 Å². The molecule has 0 aliphatic heterocycles. The Labute approximate surface area is 181 Å². The molecule has 0 amide bonds. The van der Waals surface area contributed by atoms with Gasteiger partial charge in [-0.2, -0.15) is 18.3 Å². The molecule has 1 aromatic heterocycles. The van der Waals surface area contributed by atoms with E-state index >= 15 is 0 Å². The fraction of sp³-hybridized carbons (Fsp3) is 0.150. The van der Waals surface area contributed by atoms with Crippen molar-refractivity contribution in [3.63, 3.8) is 0 Å². The monoisotopic (exact) mass is 472 g/mol. The number of sulfone groups is 1. The molecule has 3 rings (SSSR count). The minimum Gasteiger partial charge on any atom is -0.247 e. The van der Waals surface area contributed by atoms with Crippen LogP contribution in [0, 0.1) is 12.3 Å². The molecule has 3 aromatic rings. The second-order valence-electron chi connectivity index (χ2n) is 6.35. The summed E-state index contributed by atoms with van der Waals surface area (Å²) in [7, 11) is -3.48. The third kappa shape index (κ3) is 4.33. The van der Waals surface area contributed by atoms with Crippen LogP contribution in [0.1, 0.15) is 5.69 Å². The van der Waals surface area contributed by atoms with Gasteiger partial charge in [-0.15, -0.1) is 6.42 Å². The van der Waals surface area contributed by atoms with Crippen molar-refractivity contribution in [1.29, 1.82) is 0 Å². The molecule has 30 heavy (non-hydrogen) atoms. The molecular weight excluding hydrogens is 460 g/mol. The molecule has 0 fully saturated rings. The summed E-state index contributed by atoms with van der Waals surface area (Å²) in [6.07, 6.45) is 1.49. The average molecular weight is 473 g/mol. The van der Waals surface area contributed by atoms with Gasteiger partial charge >= 0.3 is 6.18 Å². The van der Waals surface area contributed by atoms with Crippen LogP contribution >= 0.6 is 23.2 Å². The number of rotatable bonds is 4. The first-order valence-electron chi connectivity index (χ1n) is 8.31. The van der Waals surface area contributed by atoms with Gasteiger partial charge in [0.15, 0.2) is 15.5 Å². The maximum Gasteiger partial charge on any atom is 0.433 e. The highest BCUT2D eigenvalue weighted by atomic mass is 35.5. The summed E-state index contributed by atoms with van der Waals surface area (Å²) in [5.41, 5.74) is -1.04. The molecule has 156 valence electrons. The van der Waals surface area contributed by atoms with Crippen LogP contribution < -0.4 is 0 Å². The summed E-state index contributed by atoms with van der Waals surface area (Å²) in [6, 6.07) is 9.46. The van der Waals surface area contributed by atoms with Crippen LogP contribution in [0.25, 0.3) is 22.4 Å². The number of nitrogens with zero attached hydrogens (tertiary/aromatic N) is 2.